The van der Waals surface area contributed by atoms with Gasteiger partial charge in [-0.1, -0.05) is 13.3 Å². The molecule has 1 aromatic rings. The zero-order valence-electron chi connectivity index (χ0n) is 8.98. The Kier molecular flexibility index (Phi) is 3.16. The number of nitrogens with zero attached hydrogens (tertiary/aromatic N) is 2. The third-order valence-electron chi connectivity index (χ3n) is 2.97. The van der Waals surface area contributed by atoms with Crippen molar-refractivity contribution in [1.82, 2.24) is 9.88 Å². The lowest BCUT2D eigenvalue weighted by molar-refractivity contribution is 0.111. The minimum absolute atomic E-state index is 0.262. The van der Waals surface area contributed by atoms with E-state index in [0.717, 1.165) is 25.8 Å². The van der Waals surface area contributed by atoms with Crippen LogP contribution in [0.5, 0.6) is 0 Å². The fraction of sp³-hybridized carbons (Fsp3) is 0.636. The lowest BCUT2D eigenvalue weighted by atomic mass is 10.0. The molecule has 1 aromatic heterocycles. The molecule has 0 aliphatic carbocycles. The van der Waals surface area contributed by atoms with E-state index in [1.165, 1.54) is 19.1 Å². The maximum atomic E-state index is 10.5. The molecule has 0 bridgehead atoms. The summed E-state index contributed by atoms with van der Waals surface area (Å²) in [7, 11) is 0. The molecule has 4 heteroatoms. The van der Waals surface area contributed by atoms with Crippen LogP contribution in [0.3, 0.4) is 0 Å². The SMILES string of the molecule is CCN1CCCCC1c1nc(C=O)co1. The summed E-state index contributed by atoms with van der Waals surface area (Å²) in [5.41, 5.74) is 0.395. The van der Waals surface area contributed by atoms with Gasteiger partial charge in [-0.25, -0.2) is 4.98 Å². The van der Waals surface area contributed by atoms with Crippen LogP contribution in [-0.2, 0) is 0 Å². The van der Waals surface area contributed by atoms with Gasteiger partial charge in [-0.15, -0.1) is 0 Å². The van der Waals surface area contributed by atoms with Crippen molar-refractivity contribution in [1.29, 1.82) is 0 Å². The van der Waals surface area contributed by atoms with Gasteiger partial charge in [0.05, 0.1) is 6.04 Å². The molecule has 1 aliphatic rings. The van der Waals surface area contributed by atoms with E-state index in [-0.39, 0.29) is 6.04 Å². The molecular formula is C11H16N2O2. The van der Waals surface area contributed by atoms with Gasteiger partial charge in [-0.3, -0.25) is 9.69 Å². The van der Waals surface area contributed by atoms with Crippen LogP contribution < -0.4 is 0 Å². The number of aromatic nitrogens is 1. The predicted octanol–water partition coefficient (Wildman–Crippen LogP) is 2.03. The molecule has 2 heterocycles. The number of oxazole rings is 1. The van der Waals surface area contributed by atoms with Gasteiger partial charge in [0.25, 0.3) is 0 Å². The molecule has 0 amide bonds. The number of carbonyl (C=O) groups excluding carboxylic acids is 1. The molecule has 4 nitrogen and oxygen atoms in total. The second kappa shape index (κ2) is 4.57. The number of carbonyl (C=O) groups is 1. The maximum absolute atomic E-state index is 10.5. The second-order valence-electron chi connectivity index (χ2n) is 3.87. The van der Waals surface area contributed by atoms with Gasteiger partial charge >= 0.3 is 0 Å². The average Bonchev–Trinajstić information content (AvgIpc) is 2.77. The van der Waals surface area contributed by atoms with Crippen molar-refractivity contribution in [2.75, 3.05) is 13.1 Å². The zero-order chi connectivity index (χ0) is 10.7. The van der Waals surface area contributed by atoms with Gasteiger partial charge in [0, 0.05) is 0 Å². The van der Waals surface area contributed by atoms with Gasteiger partial charge in [-0.2, -0.15) is 0 Å². The number of hydrogen-bond acceptors (Lipinski definition) is 4. The first-order valence-corrected chi connectivity index (χ1v) is 5.49. The Labute approximate surface area is 89.3 Å². The molecule has 1 aliphatic heterocycles. The molecule has 0 aromatic carbocycles. The summed E-state index contributed by atoms with van der Waals surface area (Å²) in [5, 5.41) is 0. The quantitative estimate of drug-likeness (QED) is 0.713. The lowest BCUT2D eigenvalue weighted by Gasteiger charge is -2.32. The van der Waals surface area contributed by atoms with Crippen molar-refractivity contribution in [3.63, 3.8) is 0 Å². The molecule has 2 rings (SSSR count). The Hall–Kier alpha value is -1.16. The molecule has 1 unspecified atom stereocenters. The standard InChI is InChI=1S/C11H16N2O2/c1-2-13-6-4-3-5-10(13)11-12-9(7-14)8-15-11/h7-8,10H,2-6H2,1H3. The highest BCUT2D eigenvalue weighted by Crippen LogP contribution is 2.29. The van der Waals surface area contributed by atoms with Crippen LogP contribution in [0.25, 0.3) is 0 Å². The van der Waals surface area contributed by atoms with Crippen LogP contribution in [0.1, 0.15) is 48.6 Å². The molecule has 0 saturated carbocycles. The molecule has 0 N–H and O–H groups in total. The number of hydrogen-bond donors (Lipinski definition) is 0. The van der Waals surface area contributed by atoms with Crippen molar-refractivity contribution in [3.8, 4) is 0 Å². The van der Waals surface area contributed by atoms with E-state index in [9.17, 15) is 4.79 Å². The first kappa shape index (κ1) is 10.4. The number of rotatable bonds is 3. The van der Waals surface area contributed by atoms with Crippen LogP contribution in [-0.4, -0.2) is 29.3 Å². The van der Waals surface area contributed by atoms with Crippen LogP contribution in [0.2, 0.25) is 0 Å². The largest absolute Gasteiger partial charge is 0.446 e. The van der Waals surface area contributed by atoms with Gasteiger partial charge < -0.3 is 4.42 Å². The highest BCUT2D eigenvalue weighted by atomic mass is 16.3. The maximum Gasteiger partial charge on any atom is 0.212 e. The van der Waals surface area contributed by atoms with Gasteiger partial charge in [-0.05, 0) is 25.9 Å². The molecule has 0 radical (unpaired) electrons. The molecule has 1 saturated heterocycles. The normalized spacial score (nSPS) is 22.9. The van der Waals surface area contributed by atoms with E-state index in [1.54, 1.807) is 0 Å². The van der Waals surface area contributed by atoms with E-state index < -0.39 is 0 Å². The van der Waals surface area contributed by atoms with Crippen LogP contribution in [0.4, 0.5) is 0 Å². The Balaban J connectivity index is 2.16. The third-order valence-corrected chi connectivity index (χ3v) is 2.97. The predicted molar refractivity (Wildman–Crippen MR) is 55.7 cm³/mol. The van der Waals surface area contributed by atoms with Gasteiger partial charge in [0.2, 0.25) is 5.89 Å². The zero-order valence-corrected chi connectivity index (χ0v) is 8.98. The van der Waals surface area contributed by atoms with E-state index in [0.29, 0.717) is 11.6 Å². The summed E-state index contributed by atoms with van der Waals surface area (Å²) >= 11 is 0. The van der Waals surface area contributed by atoms with Gasteiger partial charge in [0.1, 0.15) is 12.0 Å². The van der Waals surface area contributed by atoms with Crippen LogP contribution in [0, 0.1) is 0 Å². The van der Waals surface area contributed by atoms with E-state index in [2.05, 4.69) is 16.8 Å². The van der Waals surface area contributed by atoms with Crippen molar-refractivity contribution in [3.05, 3.63) is 17.8 Å². The number of likely N-dealkylation sites (tertiary alicyclic amines) is 1. The highest BCUT2D eigenvalue weighted by molar-refractivity contribution is 5.70. The van der Waals surface area contributed by atoms with Crippen molar-refractivity contribution < 1.29 is 9.21 Å². The topological polar surface area (TPSA) is 46.3 Å². The Bertz CT molecular complexity index is 335. The first-order valence-electron chi connectivity index (χ1n) is 5.49. The van der Waals surface area contributed by atoms with Crippen LogP contribution in [0.15, 0.2) is 10.7 Å². The minimum atomic E-state index is 0.262. The molecule has 15 heavy (non-hydrogen) atoms. The average molecular weight is 208 g/mol. The highest BCUT2D eigenvalue weighted by Gasteiger charge is 2.26. The summed E-state index contributed by atoms with van der Waals surface area (Å²) in [4.78, 5) is 17.0. The van der Waals surface area contributed by atoms with Gasteiger partial charge in [0.15, 0.2) is 6.29 Å². The number of aldehydes is 1. The lowest BCUT2D eigenvalue weighted by Crippen LogP contribution is -2.33. The monoisotopic (exact) mass is 208 g/mol. The van der Waals surface area contributed by atoms with Crippen LogP contribution >= 0.6 is 0 Å². The molecular weight excluding hydrogens is 192 g/mol. The van der Waals surface area contributed by atoms with E-state index >= 15 is 0 Å². The van der Waals surface area contributed by atoms with Crippen molar-refractivity contribution in [2.24, 2.45) is 0 Å². The second-order valence-corrected chi connectivity index (χ2v) is 3.87. The van der Waals surface area contributed by atoms with E-state index in [4.69, 9.17) is 4.42 Å². The Morgan fingerprint density at radius 3 is 3.20 bits per heavy atom. The summed E-state index contributed by atoms with van der Waals surface area (Å²) in [6, 6.07) is 0.262. The Morgan fingerprint density at radius 2 is 2.53 bits per heavy atom. The Morgan fingerprint density at radius 1 is 1.67 bits per heavy atom. The smallest absolute Gasteiger partial charge is 0.212 e. The molecule has 0 spiro atoms. The summed E-state index contributed by atoms with van der Waals surface area (Å²) < 4.78 is 5.34. The molecule has 82 valence electrons. The minimum Gasteiger partial charge on any atom is -0.446 e. The summed E-state index contributed by atoms with van der Waals surface area (Å²) in [6.45, 7) is 4.24. The fourth-order valence-electron chi connectivity index (χ4n) is 2.16. The van der Waals surface area contributed by atoms with E-state index in [1.807, 2.05) is 0 Å². The molecule has 1 fully saturated rings. The first-order chi connectivity index (χ1) is 7.35. The third kappa shape index (κ3) is 2.09. The number of piperidine rings is 1. The summed E-state index contributed by atoms with van der Waals surface area (Å²) in [6.07, 6.45) is 5.69. The van der Waals surface area contributed by atoms with Crippen molar-refractivity contribution in [2.45, 2.75) is 32.2 Å². The summed E-state index contributed by atoms with van der Waals surface area (Å²) in [5.74, 6) is 0.693. The molecule has 1 atom stereocenters. The fourth-order valence-corrected chi connectivity index (χ4v) is 2.16. The van der Waals surface area contributed by atoms with Crippen molar-refractivity contribution >= 4 is 6.29 Å².